The van der Waals surface area contributed by atoms with Crippen LogP contribution in [0.4, 0.5) is 4.39 Å². The van der Waals surface area contributed by atoms with Gasteiger partial charge in [-0.25, -0.2) is 9.38 Å². The minimum atomic E-state index is -0.854. The van der Waals surface area contributed by atoms with Crippen LogP contribution in [-0.4, -0.2) is 46.4 Å². The van der Waals surface area contributed by atoms with Gasteiger partial charge in [0.2, 0.25) is 0 Å². The smallest absolute Gasteiger partial charge is 0.254 e. The van der Waals surface area contributed by atoms with Crippen molar-refractivity contribution in [3.8, 4) is 16.9 Å². The number of likely N-dealkylation sites (N-methyl/N-ethyl adjacent to an activating group) is 1. The first-order chi connectivity index (χ1) is 13.3. The summed E-state index contributed by atoms with van der Waals surface area (Å²) in [5.74, 6) is -0.976. The Labute approximate surface area is 166 Å². The van der Waals surface area contributed by atoms with Crippen LogP contribution in [0.15, 0.2) is 46.9 Å². The molecule has 3 N–H and O–H groups in total. The van der Waals surface area contributed by atoms with Crippen LogP contribution >= 0.6 is 11.3 Å². The van der Waals surface area contributed by atoms with Crippen LogP contribution in [0.1, 0.15) is 18.2 Å². The number of carbonyl (C=O) groups excluding carboxylic acids is 1. The SMILES string of the molecule is CN1C(=O)C(N2C=CCC2)[C@@](C)(c2cc(-c3ccc(F)c(O)c3)cs2)N=C1N. The lowest BCUT2D eigenvalue weighted by Gasteiger charge is -2.43. The number of amides is 1. The summed E-state index contributed by atoms with van der Waals surface area (Å²) in [6, 6.07) is 5.66. The van der Waals surface area contributed by atoms with Crippen molar-refractivity contribution in [3.63, 3.8) is 0 Å². The minimum Gasteiger partial charge on any atom is -0.505 e. The number of halogens is 1. The first-order valence-electron chi connectivity index (χ1n) is 8.94. The van der Waals surface area contributed by atoms with Gasteiger partial charge in [0.15, 0.2) is 17.5 Å². The lowest BCUT2D eigenvalue weighted by atomic mass is 9.87. The molecule has 0 spiro atoms. The fraction of sp³-hybridized carbons (Fsp3) is 0.300. The number of aliphatic imine (C=N–C) groups is 1. The molecule has 0 saturated carbocycles. The van der Waals surface area contributed by atoms with E-state index in [1.807, 2.05) is 35.5 Å². The minimum absolute atomic E-state index is 0.101. The highest BCUT2D eigenvalue weighted by Gasteiger charge is 2.49. The summed E-state index contributed by atoms with van der Waals surface area (Å²) in [5.41, 5.74) is 6.71. The van der Waals surface area contributed by atoms with E-state index < -0.39 is 23.1 Å². The van der Waals surface area contributed by atoms with Crippen molar-refractivity contribution in [2.75, 3.05) is 13.6 Å². The fourth-order valence-electron chi connectivity index (χ4n) is 3.73. The largest absolute Gasteiger partial charge is 0.505 e. The average molecular weight is 400 g/mol. The number of nitrogens with zero attached hydrogens (tertiary/aromatic N) is 3. The molecule has 2 atom stereocenters. The normalized spacial score (nSPS) is 24.8. The summed E-state index contributed by atoms with van der Waals surface area (Å²) in [4.78, 5) is 22.1. The van der Waals surface area contributed by atoms with Gasteiger partial charge in [0.05, 0.1) is 0 Å². The highest BCUT2D eigenvalue weighted by Crippen LogP contribution is 2.42. The summed E-state index contributed by atoms with van der Waals surface area (Å²) in [6.45, 7) is 2.67. The van der Waals surface area contributed by atoms with Crippen molar-refractivity contribution in [2.24, 2.45) is 10.7 Å². The van der Waals surface area contributed by atoms with Crippen LogP contribution < -0.4 is 5.73 Å². The molecule has 28 heavy (non-hydrogen) atoms. The molecule has 0 bridgehead atoms. The summed E-state index contributed by atoms with van der Waals surface area (Å²) < 4.78 is 13.4. The quantitative estimate of drug-likeness (QED) is 0.830. The number of benzene rings is 1. The standard InChI is InChI=1S/C20H21FN4O2S/c1-20(16-10-13(11-28-16)12-5-6-14(21)15(26)9-12)17(25-7-3-4-8-25)18(27)24(2)19(22)23-20/h3,5-7,9-11,17,26H,4,8H2,1-2H3,(H2,22,23)/t17?,20-/m1/s1. The summed E-state index contributed by atoms with van der Waals surface area (Å²) in [6.07, 6.45) is 4.86. The average Bonchev–Trinajstić information content (AvgIpc) is 3.34. The molecule has 6 nitrogen and oxygen atoms in total. The molecule has 1 unspecified atom stereocenters. The van der Waals surface area contributed by atoms with Gasteiger partial charge in [-0.05, 0) is 54.3 Å². The molecule has 0 radical (unpaired) electrons. The Kier molecular flexibility index (Phi) is 4.38. The van der Waals surface area contributed by atoms with Gasteiger partial charge in [0.1, 0.15) is 11.6 Å². The van der Waals surface area contributed by atoms with Crippen LogP contribution in [0, 0.1) is 5.82 Å². The van der Waals surface area contributed by atoms with Gasteiger partial charge >= 0.3 is 0 Å². The zero-order valence-electron chi connectivity index (χ0n) is 15.6. The maximum absolute atomic E-state index is 13.4. The van der Waals surface area contributed by atoms with Crippen molar-refractivity contribution in [2.45, 2.75) is 24.9 Å². The molecule has 2 aliphatic rings. The van der Waals surface area contributed by atoms with E-state index in [0.29, 0.717) is 5.56 Å². The Morgan fingerprint density at radius 2 is 2.14 bits per heavy atom. The van der Waals surface area contributed by atoms with Crippen molar-refractivity contribution >= 4 is 23.2 Å². The second kappa shape index (κ2) is 6.63. The van der Waals surface area contributed by atoms with E-state index in [1.54, 1.807) is 13.1 Å². The van der Waals surface area contributed by atoms with Crippen LogP contribution in [0.3, 0.4) is 0 Å². The number of phenolic OH excluding ortho intramolecular Hbond substituents is 1. The van der Waals surface area contributed by atoms with E-state index in [-0.39, 0.29) is 11.9 Å². The van der Waals surface area contributed by atoms with Crippen LogP contribution in [0.2, 0.25) is 0 Å². The highest BCUT2D eigenvalue weighted by molar-refractivity contribution is 7.10. The summed E-state index contributed by atoms with van der Waals surface area (Å²) in [7, 11) is 1.63. The molecule has 0 saturated heterocycles. The van der Waals surface area contributed by atoms with Crippen molar-refractivity contribution in [1.82, 2.24) is 9.80 Å². The third-order valence-electron chi connectivity index (χ3n) is 5.35. The molecule has 1 amide bonds. The Bertz CT molecular complexity index is 1000. The van der Waals surface area contributed by atoms with E-state index in [2.05, 4.69) is 0 Å². The monoisotopic (exact) mass is 400 g/mol. The van der Waals surface area contributed by atoms with E-state index in [4.69, 9.17) is 10.7 Å². The maximum atomic E-state index is 13.4. The third-order valence-corrected chi connectivity index (χ3v) is 6.50. The van der Waals surface area contributed by atoms with Crippen LogP contribution in [0.25, 0.3) is 11.1 Å². The lowest BCUT2D eigenvalue weighted by molar-refractivity contribution is -0.134. The zero-order valence-corrected chi connectivity index (χ0v) is 16.4. The fourth-order valence-corrected chi connectivity index (χ4v) is 4.78. The zero-order chi connectivity index (χ0) is 20.1. The molecular weight excluding hydrogens is 379 g/mol. The molecule has 4 rings (SSSR count). The first kappa shape index (κ1) is 18.5. The molecule has 8 heteroatoms. The Hall–Kier alpha value is -2.87. The Morgan fingerprint density at radius 3 is 2.82 bits per heavy atom. The summed E-state index contributed by atoms with van der Waals surface area (Å²) >= 11 is 1.47. The molecule has 1 aromatic heterocycles. The topological polar surface area (TPSA) is 82.2 Å². The number of hydrogen-bond donors (Lipinski definition) is 2. The maximum Gasteiger partial charge on any atom is 0.254 e. The number of guanidine groups is 1. The number of rotatable bonds is 3. The second-order valence-corrected chi connectivity index (χ2v) is 8.11. The molecule has 2 aromatic rings. The molecular formula is C20H21FN4O2S. The Morgan fingerprint density at radius 1 is 1.36 bits per heavy atom. The first-order valence-corrected chi connectivity index (χ1v) is 9.82. The number of phenols is 1. The number of hydrogen-bond acceptors (Lipinski definition) is 6. The van der Waals surface area contributed by atoms with Gasteiger partial charge in [-0.15, -0.1) is 11.3 Å². The van der Waals surface area contributed by atoms with Crippen LogP contribution in [-0.2, 0) is 10.3 Å². The van der Waals surface area contributed by atoms with Crippen molar-refractivity contribution in [3.05, 3.63) is 52.6 Å². The molecule has 1 aromatic carbocycles. The van der Waals surface area contributed by atoms with Crippen molar-refractivity contribution in [1.29, 1.82) is 0 Å². The Balaban J connectivity index is 1.79. The van der Waals surface area contributed by atoms with E-state index in [0.717, 1.165) is 23.4 Å². The van der Waals surface area contributed by atoms with E-state index in [9.17, 15) is 14.3 Å². The summed E-state index contributed by atoms with van der Waals surface area (Å²) in [5, 5.41) is 11.6. The van der Waals surface area contributed by atoms with E-state index in [1.165, 1.54) is 28.4 Å². The number of aromatic hydroxyl groups is 1. The number of carbonyl (C=O) groups is 1. The highest BCUT2D eigenvalue weighted by atomic mass is 32.1. The molecule has 0 aliphatic carbocycles. The lowest BCUT2D eigenvalue weighted by Crippen LogP contribution is -2.61. The second-order valence-electron chi connectivity index (χ2n) is 7.19. The van der Waals surface area contributed by atoms with Gasteiger partial charge in [0.25, 0.3) is 5.91 Å². The van der Waals surface area contributed by atoms with Gasteiger partial charge in [0, 0.05) is 18.5 Å². The third kappa shape index (κ3) is 2.84. The van der Waals surface area contributed by atoms with Crippen LogP contribution in [0.5, 0.6) is 5.75 Å². The molecule has 3 heterocycles. The molecule has 2 aliphatic heterocycles. The van der Waals surface area contributed by atoms with Crippen molar-refractivity contribution < 1.29 is 14.3 Å². The molecule has 146 valence electrons. The van der Waals surface area contributed by atoms with Gasteiger partial charge in [-0.2, -0.15) is 0 Å². The predicted octanol–water partition coefficient (Wildman–Crippen LogP) is 2.85. The molecule has 0 fully saturated rings. The van der Waals surface area contributed by atoms with Gasteiger partial charge < -0.3 is 15.7 Å². The number of thiophene rings is 1. The van der Waals surface area contributed by atoms with E-state index >= 15 is 0 Å². The van der Waals surface area contributed by atoms with Gasteiger partial charge in [-0.1, -0.05) is 12.1 Å². The predicted molar refractivity (Wildman–Crippen MR) is 107 cm³/mol. The van der Waals surface area contributed by atoms with Gasteiger partial charge in [-0.3, -0.25) is 9.69 Å². The number of nitrogens with two attached hydrogens (primary N) is 1.